The minimum atomic E-state index is 0. The average Bonchev–Trinajstić information content (AvgIpc) is 3.34. The van der Waals surface area contributed by atoms with Crippen LogP contribution in [0.3, 0.4) is 0 Å². The minimum Gasteiger partial charge on any atom is -0.469 e. The highest BCUT2D eigenvalue weighted by atomic mass is 127. The van der Waals surface area contributed by atoms with E-state index in [4.69, 9.17) is 14.1 Å². The zero-order chi connectivity index (χ0) is 19.6. The van der Waals surface area contributed by atoms with Gasteiger partial charge in [0.1, 0.15) is 5.76 Å². The molecule has 1 aliphatic heterocycles. The fourth-order valence-corrected chi connectivity index (χ4v) is 4.24. The first kappa shape index (κ1) is 24.2. The van der Waals surface area contributed by atoms with Crippen molar-refractivity contribution in [2.45, 2.75) is 32.7 Å². The average molecular weight is 532 g/mol. The molecule has 1 atom stereocenters. The second kappa shape index (κ2) is 13.3. The topological polar surface area (TPSA) is 62.0 Å². The number of guanidine groups is 1. The van der Waals surface area contributed by atoms with Crippen molar-refractivity contribution in [3.05, 3.63) is 46.0 Å². The highest BCUT2D eigenvalue weighted by Crippen LogP contribution is 2.16. The Morgan fingerprint density at radius 3 is 2.79 bits per heavy atom. The summed E-state index contributed by atoms with van der Waals surface area (Å²) in [6, 6.07) is 8.65. The quantitative estimate of drug-likeness (QED) is 0.295. The van der Waals surface area contributed by atoms with Gasteiger partial charge in [0.15, 0.2) is 5.96 Å². The highest BCUT2D eigenvalue weighted by molar-refractivity contribution is 14.0. The third kappa shape index (κ3) is 9.06. The van der Waals surface area contributed by atoms with Crippen LogP contribution in [0.15, 0.2) is 39.9 Å². The number of morpholine rings is 1. The first-order valence-corrected chi connectivity index (χ1v) is 10.9. The Morgan fingerprint density at radius 2 is 2.10 bits per heavy atom. The van der Waals surface area contributed by atoms with Crippen LogP contribution in [0.1, 0.15) is 22.4 Å². The number of halogens is 1. The van der Waals surface area contributed by atoms with E-state index < -0.39 is 0 Å². The van der Waals surface area contributed by atoms with Crippen molar-refractivity contribution in [2.24, 2.45) is 4.99 Å². The van der Waals surface area contributed by atoms with Gasteiger partial charge in [0.2, 0.25) is 0 Å². The second-order valence-electron chi connectivity index (χ2n) is 7.20. The Kier molecular flexibility index (Phi) is 11.0. The van der Waals surface area contributed by atoms with Gasteiger partial charge in [0.05, 0.1) is 26.0 Å². The summed E-state index contributed by atoms with van der Waals surface area (Å²) in [4.78, 5) is 9.98. The molecule has 3 rings (SSSR count). The molecule has 162 valence electrons. The maximum absolute atomic E-state index is 5.42. The summed E-state index contributed by atoms with van der Waals surface area (Å²) < 4.78 is 10.8. The molecule has 0 aliphatic carbocycles. The number of thiophene rings is 1. The lowest BCUT2D eigenvalue weighted by atomic mass is 10.2. The number of aryl methyl sites for hydroxylation is 1. The number of nitrogens with zero attached hydrogens (tertiary/aromatic N) is 2. The number of hydrogen-bond acceptors (Lipinski definition) is 5. The molecule has 0 saturated carbocycles. The molecule has 0 spiro atoms. The van der Waals surface area contributed by atoms with E-state index in [-0.39, 0.29) is 24.0 Å². The zero-order valence-electron chi connectivity index (χ0n) is 17.4. The van der Waals surface area contributed by atoms with Crippen LogP contribution < -0.4 is 10.6 Å². The second-order valence-corrected chi connectivity index (χ2v) is 8.57. The van der Waals surface area contributed by atoms with E-state index in [1.807, 2.05) is 23.5 Å². The molecule has 1 unspecified atom stereocenters. The molecule has 8 heteroatoms. The molecule has 0 radical (unpaired) electrons. The molecular formula is C21H33IN4O2S. The molecule has 6 nitrogen and oxygen atoms in total. The number of aliphatic imine (C=N–C) groups is 1. The zero-order valence-corrected chi connectivity index (χ0v) is 20.5. The van der Waals surface area contributed by atoms with Crippen molar-refractivity contribution in [3.8, 4) is 0 Å². The van der Waals surface area contributed by atoms with Crippen molar-refractivity contribution in [2.75, 3.05) is 45.9 Å². The summed E-state index contributed by atoms with van der Waals surface area (Å²) in [5.41, 5.74) is 0. The molecule has 2 N–H and O–H groups in total. The van der Waals surface area contributed by atoms with Gasteiger partial charge in [-0.3, -0.25) is 9.89 Å². The van der Waals surface area contributed by atoms with Crippen LogP contribution in [0.25, 0.3) is 0 Å². The normalized spacial score (nSPS) is 16.3. The highest BCUT2D eigenvalue weighted by Gasteiger charge is 2.11. The standard InChI is InChI=1S/C21H32N4O2S.HI/c1-17(16-20-6-5-18(2)28-20)24-21(22-8-7-19-4-3-13-27-19)23-9-10-25-11-14-26-15-12-25;/h3-6,13,17H,7-12,14-16H2,1-2H3,(H2,22,23,24);1H. The largest absolute Gasteiger partial charge is 0.469 e. The maximum atomic E-state index is 5.42. The Hall–Kier alpha value is -1.10. The molecule has 0 aromatic carbocycles. The van der Waals surface area contributed by atoms with Gasteiger partial charge in [-0.2, -0.15) is 0 Å². The van der Waals surface area contributed by atoms with Crippen molar-refractivity contribution < 1.29 is 9.15 Å². The molecular weight excluding hydrogens is 499 g/mol. The fourth-order valence-electron chi connectivity index (χ4n) is 3.22. The van der Waals surface area contributed by atoms with E-state index in [1.165, 1.54) is 9.75 Å². The summed E-state index contributed by atoms with van der Waals surface area (Å²) in [7, 11) is 0. The van der Waals surface area contributed by atoms with Crippen molar-refractivity contribution in [1.82, 2.24) is 15.5 Å². The molecule has 1 fully saturated rings. The van der Waals surface area contributed by atoms with Gasteiger partial charge in [0.25, 0.3) is 0 Å². The summed E-state index contributed by atoms with van der Waals surface area (Å²) in [6.07, 6.45) is 3.56. The Morgan fingerprint density at radius 1 is 1.28 bits per heavy atom. The van der Waals surface area contributed by atoms with E-state index in [0.717, 1.165) is 70.5 Å². The lowest BCUT2D eigenvalue weighted by Gasteiger charge is -2.26. The molecule has 1 saturated heterocycles. The number of nitrogens with one attached hydrogen (secondary N) is 2. The van der Waals surface area contributed by atoms with Crippen LogP contribution in [-0.2, 0) is 17.6 Å². The smallest absolute Gasteiger partial charge is 0.191 e. The summed E-state index contributed by atoms with van der Waals surface area (Å²) in [5, 5.41) is 7.02. The van der Waals surface area contributed by atoms with Gasteiger partial charge < -0.3 is 19.8 Å². The van der Waals surface area contributed by atoms with Gasteiger partial charge in [-0.15, -0.1) is 35.3 Å². The van der Waals surface area contributed by atoms with Crippen molar-refractivity contribution in [3.63, 3.8) is 0 Å². The molecule has 1 aliphatic rings. The van der Waals surface area contributed by atoms with Gasteiger partial charge in [-0.05, 0) is 38.1 Å². The van der Waals surface area contributed by atoms with E-state index in [1.54, 1.807) is 6.26 Å². The SMILES string of the molecule is Cc1ccc(CC(C)NC(=NCCN2CCOCC2)NCCc2ccco2)s1.I. The number of hydrogen-bond donors (Lipinski definition) is 2. The Balaban J connectivity index is 0.00000300. The first-order valence-electron chi connectivity index (χ1n) is 10.1. The third-order valence-corrected chi connectivity index (χ3v) is 5.74. The van der Waals surface area contributed by atoms with E-state index in [2.05, 4.69) is 41.5 Å². The van der Waals surface area contributed by atoms with Crippen molar-refractivity contribution in [1.29, 1.82) is 0 Å². The Bertz CT molecular complexity index is 714. The maximum Gasteiger partial charge on any atom is 0.191 e. The molecule has 2 aromatic heterocycles. The summed E-state index contributed by atoms with van der Waals surface area (Å²) >= 11 is 1.86. The fraction of sp³-hybridized carbons (Fsp3) is 0.571. The van der Waals surface area contributed by atoms with Gasteiger partial charge in [0, 0.05) is 54.8 Å². The molecule has 29 heavy (non-hydrogen) atoms. The van der Waals surface area contributed by atoms with Crippen molar-refractivity contribution >= 4 is 41.3 Å². The minimum absolute atomic E-state index is 0. The van der Waals surface area contributed by atoms with Crippen LogP contribution in [0, 0.1) is 6.92 Å². The third-order valence-electron chi connectivity index (χ3n) is 4.72. The summed E-state index contributed by atoms with van der Waals surface area (Å²) in [6.45, 7) is 10.6. The molecule has 2 aromatic rings. The van der Waals surface area contributed by atoms with Crippen LogP contribution in [0.2, 0.25) is 0 Å². The predicted octanol–water partition coefficient (Wildman–Crippen LogP) is 3.31. The Labute approximate surface area is 195 Å². The van der Waals surface area contributed by atoms with Crippen LogP contribution in [0.5, 0.6) is 0 Å². The number of furan rings is 1. The molecule has 0 amide bonds. The first-order chi connectivity index (χ1) is 13.7. The van der Waals surface area contributed by atoms with Gasteiger partial charge in [-0.1, -0.05) is 0 Å². The predicted molar refractivity (Wildman–Crippen MR) is 131 cm³/mol. The lowest BCUT2D eigenvalue weighted by Crippen LogP contribution is -2.44. The summed E-state index contributed by atoms with van der Waals surface area (Å²) in [5.74, 6) is 1.86. The lowest BCUT2D eigenvalue weighted by molar-refractivity contribution is 0.0394. The van der Waals surface area contributed by atoms with E-state index in [0.29, 0.717) is 6.04 Å². The monoisotopic (exact) mass is 532 g/mol. The van der Waals surface area contributed by atoms with E-state index >= 15 is 0 Å². The number of rotatable bonds is 9. The van der Waals surface area contributed by atoms with Crippen LogP contribution in [0.4, 0.5) is 0 Å². The van der Waals surface area contributed by atoms with Crippen LogP contribution in [-0.4, -0.2) is 62.8 Å². The molecule has 0 bridgehead atoms. The van der Waals surface area contributed by atoms with Gasteiger partial charge in [-0.25, -0.2) is 0 Å². The molecule has 3 heterocycles. The number of ether oxygens (including phenoxy) is 1. The van der Waals surface area contributed by atoms with Crippen LogP contribution >= 0.6 is 35.3 Å². The van der Waals surface area contributed by atoms with E-state index in [9.17, 15) is 0 Å². The van der Waals surface area contributed by atoms with Gasteiger partial charge >= 0.3 is 0 Å².